The molecule has 1 fully saturated rings. The molecule has 1 saturated heterocycles. The highest BCUT2D eigenvalue weighted by molar-refractivity contribution is 5.20. The van der Waals surface area contributed by atoms with Crippen LogP contribution in [0.15, 0.2) is 30.3 Å². The minimum atomic E-state index is 0.286. The van der Waals surface area contributed by atoms with Gasteiger partial charge in [0.2, 0.25) is 0 Å². The minimum Gasteiger partial charge on any atom is -0.491 e. The van der Waals surface area contributed by atoms with Gasteiger partial charge in [0.1, 0.15) is 12.4 Å². The van der Waals surface area contributed by atoms with Crippen LogP contribution in [-0.2, 0) is 4.74 Å². The molecular weight excluding hydrogens is 334 g/mol. The van der Waals surface area contributed by atoms with Gasteiger partial charge in [0.05, 0.1) is 12.7 Å². The molecule has 1 aliphatic heterocycles. The van der Waals surface area contributed by atoms with Crippen LogP contribution in [-0.4, -0.2) is 43.3 Å². The Hall–Kier alpha value is -1.06. The van der Waals surface area contributed by atoms with Crippen LogP contribution >= 0.6 is 0 Å². The van der Waals surface area contributed by atoms with Crippen molar-refractivity contribution in [2.75, 3.05) is 26.3 Å². The van der Waals surface area contributed by atoms with Gasteiger partial charge in [-0.3, -0.25) is 4.90 Å². The van der Waals surface area contributed by atoms with Crippen molar-refractivity contribution < 1.29 is 9.47 Å². The standard InChI is InChI=1S/C24H41NO2/c1-3-4-5-6-7-8-13-18-25-19-14-12-17-24(25)22(2)26-20-21-27-23-15-10-9-11-16-23/h9-11,15-16,22,24H,3-8,12-14,17-21H2,1-2H3. The fourth-order valence-electron chi connectivity index (χ4n) is 4.12. The zero-order chi connectivity index (χ0) is 19.2. The van der Waals surface area contributed by atoms with Gasteiger partial charge in [0.25, 0.3) is 0 Å². The molecule has 0 radical (unpaired) electrons. The summed E-state index contributed by atoms with van der Waals surface area (Å²) in [6.45, 7) is 8.31. The molecule has 0 spiro atoms. The Balaban J connectivity index is 1.61. The topological polar surface area (TPSA) is 21.7 Å². The van der Waals surface area contributed by atoms with E-state index in [-0.39, 0.29) is 6.10 Å². The number of benzene rings is 1. The Bertz CT molecular complexity index is 465. The van der Waals surface area contributed by atoms with Crippen LogP contribution in [0.25, 0.3) is 0 Å². The van der Waals surface area contributed by atoms with Crippen molar-refractivity contribution in [3.8, 4) is 5.75 Å². The van der Waals surface area contributed by atoms with Gasteiger partial charge in [-0.05, 0) is 51.4 Å². The molecule has 0 saturated carbocycles. The molecule has 0 bridgehead atoms. The van der Waals surface area contributed by atoms with Crippen LogP contribution < -0.4 is 4.74 Å². The summed E-state index contributed by atoms with van der Waals surface area (Å²) in [7, 11) is 0. The monoisotopic (exact) mass is 375 g/mol. The van der Waals surface area contributed by atoms with Crippen LogP contribution in [0.1, 0.15) is 78.1 Å². The molecule has 1 aromatic rings. The molecule has 1 heterocycles. The molecule has 27 heavy (non-hydrogen) atoms. The second-order valence-corrected chi connectivity index (χ2v) is 7.96. The van der Waals surface area contributed by atoms with Crippen molar-refractivity contribution in [2.45, 2.75) is 90.2 Å². The quantitative estimate of drug-likeness (QED) is 0.368. The fraction of sp³-hybridized carbons (Fsp3) is 0.750. The Kier molecular flexibility index (Phi) is 11.5. The second-order valence-electron chi connectivity index (χ2n) is 7.96. The highest BCUT2D eigenvalue weighted by atomic mass is 16.5. The molecule has 2 unspecified atom stereocenters. The van der Waals surface area contributed by atoms with Gasteiger partial charge in [-0.15, -0.1) is 0 Å². The van der Waals surface area contributed by atoms with Crippen LogP contribution in [0.5, 0.6) is 5.75 Å². The summed E-state index contributed by atoms with van der Waals surface area (Å²) >= 11 is 0. The van der Waals surface area contributed by atoms with E-state index in [1.807, 2.05) is 30.3 Å². The predicted octanol–water partition coefficient (Wildman–Crippen LogP) is 6.08. The van der Waals surface area contributed by atoms with E-state index >= 15 is 0 Å². The van der Waals surface area contributed by atoms with Gasteiger partial charge in [-0.1, -0.05) is 70.1 Å². The first kappa shape index (κ1) is 22.2. The molecule has 0 N–H and O–H groups in total. The van der Waals surface area contributed by atoms with Crippen molar-refractivity contribution in [1.29, 1.82) is 0 Å². The first-order chi connectivity index (χ1) is 13.3. The maximum Gasteiger partial charge on any atom is 0.119 e. The lowest BCUT2D eigenvalue weighted by Crippen LogP contribution is -2.47. The third-order valence-corrected chi connectivity index (χ3v) is 5.73. The molecule has 3 nitrogen and oxygen atoms in total. The number of unbranched alkanes of at least 4 members (excludes halogenated alkanes) is 6. The Morgan fingerprint density at radius 3 is 2.48 bits per heavy atom. The predicted molar refractivity (Wildman–Crippen MR) is 115 cm³/mol. The van der Waals surface area contributed by atoms with Crippen LogP contribution in [0.2, 0.25) is 0 Å². The van der Waals surface area contributed by atoms with E-state index in [2.05, 4.69) is 18.7 Å². The highest BCUT2D eigenvalue weighted by Gasteiger charge is 2.27. The first-order valence-corrected chi connectivity index (χ1v) is 11.3. The summed E-state index contributed by atoms with van der Waals surface area (Å²) in [5.74, 6) is 0.923. The van der Waals surface area contributed by atoms with E-state index in [4.69, 9.17) is 9.47 Å². The lowest BCUT2D eigenvalue weighted by atomic mass is 9.97. The third-order valence-electron chi connectivity index (χ3n) is 5.73. The molecule has 154 valence electrons. The number of hydrogen-bond donors (Lipinski definition) is 0. The number of ether oxygens (including phenoxy) is 2. The Morgan fingerprint density at radius 2 is 1.70 bits per heavy atom. The third kappa shape index (κ3) is 9.12. The smallest absolute Gasteiger partial charge is 0.119 e. The van der Waals surface area contributed by atoms with E-state index in [0.717, 1.165) is 5.75 Å². The largest absolute Gasteiger partial charge is 0.491 e. The Labute approximate surface area is 167 Å². The van der Waals surface area contributed by atoms with Crippen LogP contribution in [0.3, 0.4) is 0 Å². The molecule has 0 aromatic heterocycles. The minimum absolute atomic E-state index is 0.286. The maximum atomic E-state index is 6.14. The van der Waals surface area contributed by atoms with E-state index < -0.39 is 0 Å². The van der Waals surface area contributed by atoms with Crippen molar-refractivity contribution in [1.82, 2.24) is 4.90 Å². The van der Waals surface area contributed by atoms with Gasteiger partial charge in [-0.25, -0.2) is 0 Å². The van der Waals surface area contributed by atoms with Crippen LogP contribution in [0.4, 0.5) is 0 Å². The van der Waals surface area contributed by atoms with Crippen molar-refractivity contribution in [3.63, 3.8) is 0 Å². The maximum absolute atomic E-state index is 6.14. The van der Waals surface area contributed by atoms with E-state index in [9.17, 15) is 0 Å². The zero-order valence-electron chi connectivity index (χ0n) is 17.7. The molecule has 2 atom stereocenters. The van der Waals surface area contributed by atoms with Crippen molar-refractivity contribution in [2.24, 2.45) is 0 Å². The average Bonchev–Trinajstić information content (AvgIpc) is 2.71. The molecule has 1 aromatic carbocycles. The SMILES string of the molecule is CCCCCCCCCN1CCCCC1C(C)OCCOc1ccccc1. The number of rotatable bonds is 14. The molecule has 1 aliphatic rings. The summed E-state index contributed by atoms with van der Waals surface area (Å²) in [5.41, 5.74) is 0. The lowest BCUT2D eigenvalue weighted by Gasteiger charge is -2.39. The summed E-state index contributed by atoms with van der Waals surface area (Å²) in [6.07, 6.45) is 13.9. The van der Waals surface area contributed by atoms with Crippen molar-refractivity contribution in [3.05, 3.63) is 30.3 Å². The summed E-state index contributed by atoms with van der Waals surface area (Å²) in [4.78, 5) is 2.69. The molecule has 0 aliphatic carbocycles. The fourth-order valence-corrected chi connectivity index (χ4v) is 4.12. The molecule has 2 rings (SSSR count). The van der Waals surface area contributed by atoms with E-state index in [0.29, 0.717) is 19.3 Å². The number of nitrogens with zero attached hydrogens (tertiary/aromatic N) is 1. The normalized spacial score (nSPS) is 19.1. The van der Waals surface area contributed by atoms with Gasteiger partial charge in [-0.2, -0.15) is 0 Å². The molecular formula is C24H41NO2. The lowest BCUT2D eigenvalue weighted by molar-refractivity contribution is -0.0273. The van der Waals surface area contributed by atoms with Gasteiger partial charge >= 0.3 is 0 Å². The number of likely N-dealkylation sites (tertiary alicyclic amines) is 1. The summed E-state index contributed by atoms with van der Waals surface area (Å²) in [5, 5.41) is 0. The average molecular weight is 376 g/mol. The Morgan fingerprint density at radius 1 is 0.963 bits per heavy atom. The van der Waals surface area contributed by atoms with E-state index in [1.54, 1.807) is 0 Å². The van der Waals surface area contributed by atoms with Gasteiger partial charge in [0, 0.05) is 6.04 Å². The second kappa shape index (κ2) is 14.0. The van der Waals surface area contributed by atoms with Crippen molar-refractivity contribution >= 4 is 0 Å². The van der Waals surface area contributed by atoms with Crippen LogP contribution in [0, 0.1) is 0 Å². The molecule has 0 amide bonds. The highest BCUT2D eigenvalue weighted by Crippen LogP contribution is 2.22. The molecule has 3 heteroatoms. The summed E-state index contributed by atoms with van der Waals surface area (Å²) in [6, 6.07) is 10.6. The van der Waals surface area contributed by atoms with Gasteiger partial charge in [0.15, 0.2) is 0 Å². The van der Waals surface area contributed by atoms with E-state index in [1.165, 1.54) is 77.3 Å². The number of hydrogen-bond acceptors (Lipinski definition) is 3. The summed E-state index contributed by atoms with van der Waals surface area (Å²) < 4.78 is 11.9. The van der Waals surface area contributed by atoms with Gasteiger partial charge < -0.3 is 9.47 Å². The number of piperidine rings is 1. The zero-order valence-corrected chi connectivity index (χ0v) is 17.7. The first-order valence-electron chi connectivity index (χ1n) is 11.3. The number of para-hydroxylation sites is 1.